The van der Waals surface area contributed by atoms with Crippen molar-refractivity contribution in [2.45, 2.75) is 33.1 Å². The van der Waals surface area contributed by atoms with Crippen LogP contribution in [-0.2, 0) is 4.74 Å². The van der Waals surface area contributed by atoms with Crippen LogP contribution in [0.1, 0.15) is 33.1 Å². The van der Waals surface area contributed by atoms with E-state index in [1.165, 1.54) is 38.9 Å². The van der Waals surface area contributed by atoms with E-state index >= 15 is 0 Å². The van der Waals surface area contributed by atoms with Gasteiger partial charge in [0.25, 0.3) is 0 Å². The van der Waals surface area contributed by atoms with Crippen LogP contribution in [0.25, 0.3) is 0 Å². The maximum absolute atomic E-state index is 5.39. The van der Waals surface area contributed by atoms with Gasteiger partial charge in [-0.1, -0.05) is 6.92 Å². The van der Waals surface area contributed by atoms with Crippen LogP contribution in [0.15, 0.2) is 0 Å². The van der Waals surface area contributed by atoms with Gasteiger partial charge in [0.1, 0.15) is 0 Å². The quantitative estimate of drug-likeness (QED) is 0.626. The van der Waals surface area contributed by atoms with E-state index in [4.69, 9.17) is 4.74 Å². The zero-order valence-corrected chi connectivity index (χ0v) is 9.59. The SMILES string of the molecule is CCOCCC1CC2(C1)CN(CC)C2. The van der Waals surface area contributed by atoms with Crippen LogP contribution < -0.4 is 0 Å². The number of likely N-dealkylation sites (tertiary alicyclic amines) is 1. The van der Waals surface area contributed by atoms with Crippen molar-refractivity contribution < 1.29 is 4.74 Å². The maximum Gasteiger partial charge on any atom is 0.0468 e. The predicted octanol–water partition coefficient (Wildman–Crippen LogP) is 2.14. The summed E-state index contributed by atoms with van der Waals surface area (Å²) in [6.45, 7) is 10.2. The maximum atomic E-state index is 5.39. The molecule has 2 nitrogen and oxygen atoms in total. The minimum Gasteiger partial charge on any atom is -0.382 e. The summed E-state index contributed by atoms with van der Waals surface area (Å²) in [6, 6.07) is 0. The van der Waals surface area contributed by atoms with Crippen LogP contribution >= 0.6 is 0 Å². The summed E-state index contributed by atoms with van der Waals surface area (Å²) in [5, 5.41) is 0. The van der Waals surface area contributed by atoms with Crippen LogP contribution in [0, 0.1) is 11.3 Å². The molecule has 2 heteroatoms. The molecule has 0 atom stereocenters. The van der Waals surface area contributed by atoms with E-state index in [9.17, 15) is 0 Å². The fraction of sp³-hybridized carbons (Fsp3) is 1.00. The van der Waals surface area contributed by atoms with Crippen molar-refractivity contribution in [3.05, 3.63) is 0 Å². The molecule has 1 aliphatic heterocycles. The monoisotopic (exact) mass is 197 g/mol. The van der Waals surface area contributed by atoms with Gasteiger partial charge in [0.2, 0.25) is 0 Å². The fourth-order valence-corrected chi connectivity index (χ4v) is 3.15. The molecule has 82 valence electrons. The van der Waals surface area contributed by atoms with E-state index < -0.39 is 0 Å². The average molecular weight is 197 g/mol. The summed E-state index contributed by atoms with van der Waals surface area (Å²) in [5.74, 6) is 0.973. The number of hydrogen-bond donors (Lipinski definition) is 0. The molecule has 0 amide bonds. The highest BCUT2D eigenvalue weighted by atomic mass is 16.5. The summed E-state index contributed by atoms with van der Waals surface area (Å²) in [5.41, 5.74) is 0.757. The minimum atomic E-state index is 0.757. The van der Waals surface area contributed by atoms with Crippen molar-refractivity contribution in [2.24, 2.45) is 11.3 Å². The summed E-state index contributed by atoms with van der Waals surface area (Å²) >= 11 is 0. The summed E-state index contributed by atoms with van der Waals surface area (Å²) in [6.07, 6.45) is 4.23. The summed E-state index contributed by atoms with van der Waals surface area (Å²) in [4.78, 5) is 2.55. The Balaban J connectivity index is 1.57. The van der Waals surface area contributed by atoms with Crippen LogP contribution in [-0.4, -0.2) is 37.7 Å². The van der Waals surface area contributed by atoms with E-state index in [0.29, 0.717) is 0 Å². The second kappa shape index (κ2) is 4.19. The number of nitrogens with zero attached hydrogens (tertiary/aromatic N) is 1. The lowest BCUT2D eigenvalue weighted by molar-refractivity contribution is -0.0975. The van der Waals surface area contributed by atoms with Gasteiger partial charge < -0.3 is 9.64 Å². The van der Waals surface area contributed by atoms with E-state index in [0.717, 1.165) is 24.5 Å². The van der Waals surface area contributed by atoms with Crippen molar-refractivity contribution in [1.82, 2.24) is 4.90 Å². The van der Waals surface area contributed by atoms with E-state index in [2.05, 4.69) is 18.7 Å². The molecule has 1 spiro atoms. The lowest BCUT2D eigenvalue weighted by Gasteiger charge is -2.59. The Hall–Kier alpha value is -0.0800. The zero-order valence-electron chi connectivity index (χ0n) is 9.59. The van der Waals surface area contributed by atoms with Crippen molar-refractivity contribution in [1.29, 1.82) is 0 Å². The lowest BCUT2D eigenvalue weighted by Crippen LogP contribution is -2.61. The minimum absolute atomic E-state index is 0.757. The lowest BCUT2D eigenvalue weighted by atomic mass is 9.57. The molecule has 1 saturated heterocycles. The fourth-order valence-electron chi connectivity index (χ4n) is 3.15. The third kappa shape index (κ3) is 1.96. The van der Waals surface area contributed by atoms with E-state index in [1.807, 2.05) is 0 Å². The molecule has 0 unspecified atom stereocenters. The van der Waals surface area contributed by atoms with Gasteiger partial charge in [0.15, 0.2) is 0 Å². The normalized spacial score (nSPS) is 26.1. The molecule has 0 aromatic heterocycles. The molecule has 2 fully saturated rings. The standard InChI is InChI=1S/C12H23NO/c1-3-13-9-12(10-13)7-11(8-12)5-6-14-4-2/h11H,3-10H2,1-2H3. The number of rotatable bonds is 5. The van der Waals surface area contributed by atoms with E-state index in [-0.39, 0.29) is 0 Å². The van der Waals surface area contributed by atoms with Gasteiger partial charge in [-0.25, -0.2) is 0 Å². The molecule has 0 aromatic carbocycles. The highest BCUT2D eigenvalue weighted by molar-refractivity contribution is 5.03. The molecule has 14 heavy (non-hydrogen) atoms. The Morgan fingerprint density at radius 3 is 2.57 bits per heavy atom. The van der Waals surface area contributed by atoms with E-state index in [1.54, 1.807) is 0 Å². The van der Waals surface area contributed by atoms with Crippen molar-refractivity contribution in [3.8, 4) is 0 Å². The largest absolute Gasteiger partial charge is 0.382 e. The molecule has 1 saturated carbocycles. The first kappa shape index (κ1) is 10.4. The predicted molar refractivity (Wildman–Crippen MR) is 58.4 cm³/mol. The van der Waals surface area contributed by atoms with Gasteiger partial charge in [0.05, 0.1) is 0 Å². The van der Waals surface area contributed by atoms with Crippen LogP contribution in [0.2, 0.25) is 0 Å². The zero-order chi connectivity index (χ0) is 10.0. The molecule has 0 bridgehead atoms. The molecular formula is C12H23NO. The van der Waals surface area contributed by atoms with Gasteiger partial charge in [-0.15, -0.1) is 0 Å². The van der Waals surface area contributed by atoms with Gasteiger partial charge in [-0.2, -0.15) is 0 Å². The Morgan fingerprint density at radius 2 is 2.00 bits per heavy atom. The topological polar surface area (TPSA) is 12.5 Å². The molecular weight excluding hydrogens is 174 g/mol. The van der Waals surface area contributed by atoms with Gasteiger partial charge >= 0.3 is 0 Å². The van der Waals surface area contributed by atoms with Crippen LogP contribution in [0.3, 0.4) is 0 Å². The third-order valence-electron chi connectivity index (χ3n) is 3.88. The van der Waals surface area contributed by atoms with Crippen molar-refractivity contribution >= 4 is 0 Å². The Bertz CT molecular complexity index is 179. The van der Waals surface area contributed by atoms with Crippen LogP contribution in [0.4, 0.5) is 0 Å². The third-order valence-corrected chi connectivity index (χ3v) is 3.88. The average Bonchev–Trinajstić information content (AvgIpc) is 2.05. The first-order valence-corrected chi connectivity index (χ1v) is 6.08. The molecule has 0 N–H and O–H groups in total. The highest BCUT2D eigenvalue weighted by Crippen LogP contribution is 2.52. The molecule has 0 radical (unpaired) electrons. The van der Waals surface area contributed by atoms with Gasteiger partial charge in [0, 0.05) is 26.3 Å². The molecule has 1 heterocycles. The van der Waals surface area contributed by atoms with Gasteiger partial charge in [-0.3, -0.25) is 0 Å². The van der Waals surface area contributed by atoms with Gasteiger partial charge in [-0.05, 0) is 44.1 Å². The van der Waals surface area contributed by atoms with Crippen molar-refractivity contribution in [2.75, 3.05) is 32.8 Å². The number of hydrogen-bond acceptors (Lipinski definition) is 2. The Kier molecular flexibility index (Phi) is 3.13. The number of ether oxygens (including phenoxy) is 1. The molecule has 1 aliphatic carbocycles. The second-order valence-electron chi connectivity index (χ2n) is 5.06. The molecule has 2 rings (SSSR count). The van der Waals surface area contributed by atoms with Crippen molar-refractivity contribution in [3.63, 3.8) is 0 Å². The highest BCUT2D eigenvalue weighted by Gasteiger charge is 2.50. The first-order valence-electron chi connectivity index (χ1n) is 6.08. The summed E-state index contributed by atoms with van der Waals surface area (Å²) < 4.78 is 5.39. The van der Waals surface area contributed by atoms with Crippen LogP contribution in [0.5, 0.6) is 0 Å². The first-order chi connectivity index (χ1) is 6.78. The molecule has 2 aliphatic rings. The Morgan fingerprint density at radius 1 is 1.29 bits per heavy atom. The Labute approximate surface area is 87.6 Å². The molecule has 0 aromatic rings. The summed E-state index contributed by atoms with van der Waals surface area (Å²) in [7, 11) is 0. The second-order valence-corrected chi connectivity index (χ2v) is 5.06. The smallest absolute Gasteiger partial charge is 0.0468 e.